The maximum atomic E-state index is 8.33. The van der Waals surface area contributed by atoms with Gasteiger partial charge in [0, 0.05) is 0 Å². The van der Waals surface area contributed by atoms with E-state index in [2.05, 4.69) is 0 Å². The minimum Gasteiger partial charge on any atom is -0.652 e. The Kier molecular flexibility index (Phi) is 8.52. The summed E-state index contributed by atoms with van der Waals surface area (Å²) >= 11 is 0. The van der Waals surface area contributed by atoms with E-state index in [1.165, 1.54) is 0 Å². The summed E-state index contributed by atoms with van der Waals surface area (Å²) in [5, 5.41) is 16.7. The van der Waals surface area contributed by atoms with Gasteiger partial charge >= 0.3 is 41.7 Å². The summed E-state index contributed by atoms with van der Waals surface area (Å²) in [6.07, 6.45) is -2.33. The molecule has 0 saturated heterocycles. The summed E-state index contributed by atoms with van der Waals surface area (Å²) in [5.74, 6) is 0. The van der Waals surface area contributed by atoms with Gasteiger partial charge in [-0.1, -0.05) is 0 Å². The van der Waals surface area contributed by atoms with E-state index < -0.39 is 6.16 Å². The van der Waals surface area contributed by atoms with Gasteiger partial charge in [0.25, 0.3) is 0 Å². The second kappa shape index (κ2) is 4.65. The third-order valence-electron chi connectivity index (χ3n) is 0. The van der Waals surface area contributed by atoms with Gasteiger partial charge in [0.05, 0.1) is 0 Å². The van der Waals surface area contributed by atoms with Crippen molar-refractivity contribution in [2.45, 2.75) is 0 Å². The maximum Gasteiger partial charge on any atom is 3.00 e. The SMILES string of the molecule is O=C([O-])[O-].[Ce+3]. The second-order valence-electron chi connectivity index (χ2n) is 0.250. The Morgan fingerprint density at radius 1 is 1.40 bits per heavy atom. The molecule has 0 amide bonds. The predicted molar refractivity (Wildman–Crippen MR) is 5.40 cm³/mol. The van der Waals surface area contributed by atoms with Gasteiger partial charge in [-0.15, -0.1) is 0 Å². The van der Waals surface area contributed by atoms with E-state index in [1.807, 2.05) is 0 Å². The molecule has 0 bridgehead atoms. The van der Waals surface area contributed by atoms with Crippen LogP contribution in [0.5, 0.6) is 0 Å². The van der Waals surface area contributed by atoms with Crippen LogP contribution in [0.2, 0.25) is 0 Å². The number of rotatable bonds is 0. The van der Waals surface area contributed by atoms with Crippen LogP contribution in [0.25, 0.3) is 0 Å². The molecule has 0 aromatic heterocycles. The Morgan fingerprint density at radius 3 is 1.40 bits per heavy atom. The minimum absolute atomic E-state index is 0. The molecule has 0 aliphatic carbocycles. The first-order valence-electron chi connectivity index (χ1n) is 0.612. The van der Waals surface area contributed by atoms with Crippen molar-refractivity contribution in [2.75, 3.05) is 0 Å². The zero-order chi connectivity index (χ0) is 3.58. The summed E-state index contributed by atoms with van der Waals surface area (Å²) in [4.78, 5) is 8.33. The molecule has 0 heterocycles. The third-order valence-corrected chi connectivity index (χ3v) is 0. The largest absolute Gasteiger partial charge is 3.00 e. The smallest absolute Gasteiger partial charge is 0.652 e. The van der Waals surface area contributed by atoms with Gasteiger partial charge < -0.3 is 15.0 Å². The number of carbonyl (C=O) groups is 1. The molecule has 4 heteroatoms. The summed E-state index contributed by atoms with van der Waals surface area (Å²) in [6, 6.07) is 0. The molecule has 0 aromatic carbocycles. The van der Waals surface area contributed by atoms with E-state index in [9.17, 15) is 0 Å². The molecule has 0 spiro atoms. The van der Waals surface area contributed by atoms with Crippen LogP contribution in [0.1, 0.15) is 0 Å². The molecule has 0 saturated carbocycles. The summed E-state index contributed by atoms with van der Waals surface area (Å²) < 4.78 is 0. The van der Waals surface area contributed by atoms with E-state index >= 15 is 0 Å². The first-order valence-corrected chi connectivity index (χ1v) is 0.612. The summed E-state index contributed by atoms with van der Waals surface area (Å²) in [7, 11) is 0. The van der Waals surface area contributed by atoms with Crippen LogP contribution < -0.4 is 10.2 Å². The Balaban J connectivity index is 0. The molecule has 0 aromatic rings. The molecule has 3 nitrogen and oxygen atoms in total. The average Bonchev–Trinajstić information content (AvgIpc) is 0.811. The van der Waals surface area contributed by atoms with E-state index in [4.69, 9.17) is 15.0 Å². The molecule has 0 unspecified atom stereocenters. The van der Waals surface area contributed by atoms with E-state index in [0.717, 1.165) is 0 Å². The van der Waals surface area contributed by atoms with E-state index in [-0.39, 0.29) is 41.7 Å². The van der Waals surface area contributed by atoms with Crippen molar-refractivity contribution in [3.8, 4) is 0 Å². The predicted octanol–water partition coefficient (Wildman–Crippen LogP) is -2.45. The second-order valence-corrected chi connectivity index (χ2v) is 0.250. The Hall–Kier alpha value is 0.647. The summed E-state index contributed by atoms with van der Waals surface area (Å²) in [6.45, 7) is 0. The van der Waals surface area contributed by atoms with Crippen LogP contribution in [0, 0.1) is 41.7 Å². The molecule has 25 valence electrons. The van der Waals surface area contributed by atoms with Crippen LogP contribution in [0.3, 0.4) is 0 Å². The number of hydrogen-bond acceptors (Lipinski definition) is 3. The van der Waals surface area contributed by atoms with Crippen LogP contribution in [-0.2, 0) is 0 Å². The minimum atomic E-state index is -2.33. The zero-order valence-electron chi connectivity index (χ0n) is 2.22. The van der Waals surface area contributed by atoms with Gasteiger partial charge in [0.15, 0.2) is 0 Å². The molecular weight excluding hydrogens is 200 g/mol. The fourth-order valence-electron chi connectivity index (χ4n) is 0. The zero-order valence-corrected chi connectivity index (χ0v) is 5.36. The topological polar surface area (TPSA) is 63.2 Å². The van der Waals surface area contributed by atoms with E-state index in [1.54, 1.807) is 0 Å². The fourth-order valence-corrected chi connectivity index (χ4v) is 0. The first-order chi connectivity index (χ1) is 1.73. The number of carbonyl (C=O) groups excluding carboxylic acids is 1. The molecule has 5 heavy (non-hydrogen) atoms. The average molecular weight is 200 g/mol. The normalized spacial score (nSPS) is 4.80. The molecule has 0 atom stereocenters. The van der Waals surface area contributed by atoms with Crippen LogP contribution >= 0.6 is 0 Å². The molecule has 0 aliphatic heterocycles. The molecule has 0 rings (SSSR count). The first kappa shape index (κ1) is 9.17. The van der Waals surface area contributed by atoms with Crippen molar-refractivity contribution < 1.29 is 56.8 Å². The Morgan fingerprint density at radius 2 is 1.40 bits per heavy atom. The quantitative estimate of drug-likeness (QED) is 0.436. The Labute approximate surface area is 62.4 Å². The van der Waals surface area contributed by atoms with Gasteiger partial charge in [-0.3, -0.25) is 0 Å². The van der Waals surface area contributed by atoms with Crippen molar-refractivity contribution in [2.24, 2.45) is 0 Å². The van der Waals surface area contributed by atoms with Gasteiger partial charge in [0.2, 0.25) is 0 Å². The van der Waals surface area contributed by atoms with Crippen molar-refractivity contribution in [1.82, 2.24) is 0 Å². The molecule has 0 fully saturated rings. The monoisotopic (exact) mass is 200 g/mol. The van der Waals surface area contributed by atoms with Crippen LogP contribution in [-0.4, -0.2) is 6.16 Å². The van der Waals surface area contributed by atoms with Gasteiger partial charge in [-0.25, -0.2) is 0 Å². The van der Waals surface area contributed by atoms with Crippen molar-refractivity contribution >= 4 is 6.16 Å². The maximum absolute atomic E-state index is 8.33. The summed E-state index contributed by atoms with van der Waals surface area (Å²) in [5.41, 5.74) is 0. The Bertz CT molecular complexity index is 29.9. The van der Waals surface area contributed by atoms with Crippen molar-refractivity contribution in [3.63, 3.8) is 0 Å². The van der Waals surface area contributed by atoms with Crippen LogP contribution in [0.4, 0.5) is 4.79 Å². The molecule has 0 N–H and O–H groups in total. The van der Waals surface area contributed by atoms with Crippen LogP contribution in [0.15, 0.2) is 0 Å². The van der Waals surface area contributed by atoms with Gasteiger partial charge in [-0.05, 0) is 6.16 Å². The van der Waals surface area contributed by atoms with E-state index in [0.29, 0.717) is 0 Å². The van der Waals surface area contributed by atoms with Crippen molar-refractivity contribution in [3.05, 3.63) is 0 Å². The number of hydrogen-bond donors (Lipinski definition) is 0. The van der Waals surface area contributed by atoms with Gasteiger partial charge in [-0.2, -0.15) is 0 Å². The molecule has 0 aliphatic rings. The fraction of sp³-hybridized carbons (Fsp3) is 0. The third kappa shape index (κ3) is 77.8. The standard InChI is InChI=1S/CH2O3.Ce/c2-1(3)4;/h(H2,2,3,4);/q;+3/p-2. The van der Waals surface area contributed by atoms with Crippen molar-refractivity contribution in [1.29, 1.82) is 0 Å². The molecule has 1 radical (unpaired) electrons. The molecular formula is CCeO3+. The van der Waals surface area contributed by atoms with Gasteiger partial charge in [0.1, 0.15) is 0 Å². The number of carboxylic acid groups (broad SMARTS) is 2.